The van der Waals surface area contributed by atoms with Crippen LogP contribution in [0.1, 0.15) is 18.6 Å². The first-order valence-corrected chi connectivity index (χ1v) is 5.11. The summed E-state index contributed by atoms with van der Waals surface area (Å²) < 4.78 is 9.53. The van der Waals surface area contributed by atoms with E-state index in [0.717, 1.165) is 0 Å². The number of carbonyl (C=O) groups excluding carboxylic acids is 1. The highest BCUT2D eigenvalue weighted by Crippen LogP contribution is 2.29. The van der Waals surface area contributed by atoms with E-state index in [2.05, 4.69) is 4.74 Å². The number of hydrogen-bond donors (Lipinski definition) is 1. The Morgan fingerprint density at radius 3 is 2.72 bits per heavy atom. The minimum Gasteiger partial charge on any atom is -0.482 e. The molecular formula is C11H13NO6. The van der Waals surface area contributed by atoms with Crippen molar-refractivity contribution in [3.8, 4) is 5.75 Å². The number of hydrogen-bond acceptors (Lipinski definition) is 6. The molecule has 98 valence electrons. The first-order chi connectivity index (χ1) is 8.45. The molecule has 0 aliphatic rings. The van der Waals surface area contributed by atoms with Crippen LogP contribution in [0.2, 0.25) is 0 Å². The topological polar surface area (TPSA) is 98.9 Å². The first-order valence-electron chi connectivity index (χ1n) is 5.11. The molecule has 0 unspecified atom stereocenters. The summed E-state index contributed by atoms with van der Waals surface area (Å²) in [4.78, 5) is 21.0. The lowest BCUT2D eigenvalue weighted by molar-refractivity contribution is -0.385. The molecule has 1 rings (SSSR count). The maximum atomic E-state index is 10.9. The van der Waals surface area contributed by atoms with Crippen molar-refractivity contribution in [2.75, 3.05) is 13.7 Å². The van der Waals surface area contributed by atoms with E-state index in [1.54, 1.807) is 0 Å². The molecule has 0 aromatic heterocycles. The Morgan fingerprint density at radius 1 is 1.56 bits per heavy atom. The lowest BCUT2D eigenvalue weighted by Crippen LogP contribution is -2.13. The van der Waals surface area contributed by atoms with Crippen molar-refractivity contribution in [3.63, 3.8) is 0 Å². The van der Waals surface area contributed by atoms with Crippen LogP contribution in [0.15, 0.2) is 18.2 Å². The van der Waals surface area contributed by atoms with Gasteiger partial charge in [0, 0.05) is 17.7 Å². The number of carbonyl (C=O) groups is 1. The lowest BCUT2D eigenvalue weighted by Gasteiger charge is -2.12. The molecule has 7 nitrogen and oxygen atoms in total. The molecule has 0 aliphatic heterocycles. The number of nitro benzene ring substituents is 1. The minimum absolute atomic E-state index is 0.156. The number of ether oxygens (including phenoxy) is 2. The number of methoxy groups -OCH3 is 1. The van der Waals surface area contributed by atoms with E-state index in [1.807, 2.05) is 0 Å². The first kappa shape index (κ1) is 13.9. The van der Waals surface area contributed by atoms with Gasteiger partial charge in [0.05, 0.1) is 18.1 Å². The third kappa shape index (κ3) is 3.42. The molecule has 0 saturated carbocycles. The molecule has 1 aromatic carbocycles. The molecule has 1 N–H and O–H groups in total. The van der Waals surface area contributed by atoms with E-state index in [1.165, 1.54) is 32.2 Å². The Bertz CT molecular complexity index is 457. The van der Waals surface area contributed by atoms with Gasteiger partial charge in [0.1, 0.15) is 5.75 Å². The van der Waals surface area contributed by atoms with Gasteiger partial charge in [-0.2, -0.15) is 0 Å². The van der Waals surface area contributed by atoms with Crippen LogP contribution in [-0.2, 0) is 9.53 Å². The van der Waals surface area contributed by atoms with Crippen LogP contribution in [0.5, 0.6) is 5.75 Å². The fourth-order valence-corrected chi connectivity index (χ4v) is 1.30. The minimum atomic E-state index is -0.947. The van der Waals surface area contributed by atoms with Gasteiger partial charge in [-0.05, 0) is 13.0 Å². The predicted octanol–water partition coefficient (Wildman–Crippen LogP) is 1.20. The van der Waals surface area contributed by atoms with Crippen LogP contribution in [-0.4, -0.2) is 29.7 Å². The molecule has 0 saturated heterocycles. The molecule has 0 radical (unpaired) electrons. The van der Waals surface area contributed by atoms with Crippen LogP contribution >= 0.6 is 0 Å². The number of benzene rings is 1. The summed E-state index contributed by atoms with van der Waals surface area (Å²) in [5.74, 6) is -0.370. The molecule has 18 heavy (non-hydrogen) atoms. The van der Waals surface area contributed by atoms with Gasteiger partial charge in [0.25, 0.3) is 5.69 Å². The van der Waals surface area contributed by atoms with E-state index in [4.69, 9.17) is 4.74 Å². The summed E-state index contributed by atoms with van der Waals surface area (Å²) in [5, 5.41) is 20.1. The smallest absolute Gasteiger partial charge is 0.343 e. The van der Waals surface area contributed by atoms with Gasteiger partial charge in [-0.15, -0.1) is 0 Å². The van der Waals surface area contributed by atoms with Crippen molar-refractivity contribution in [2.24, 2.45) is 0 Å². The second-order valence-corrected chi connectivity index (χ2v) is 3.52. The number of nitrogens with zero attached hydrogens (tertiary/aromatic N) is 1. The van der Waals surface area contributed by atoms with Crippen molar-refractivity contribution in [3.05, 3.63) is 33.9 Å². The van der Waals surface area contributed by atoms with Gasteiger partial charge in [0.2, 0.25) is 0 Å². The fourth-order valence-electron chi connectivity index (χ4n) is 1.30. The fraction of sp³-hybridized carbons (Fsp3) is 0.364. The molecule has 1 atom stereocenters. The zero-order chi connectivity index (χ0) is 13.7. The molecular weight excluding hydrogens is 242 g/mol. The zero-order valence-corrected chi connectivity index (χ0v) is 9.95. The summed E-state index contributed by atoms with van der Waals surface area (Å²) in [7, 11) is 1.22. The average Bonchev–Trinajstić information content (AvgIpc) is 2.35. The molecule has 0 fully saturated rings. The highest BCUT2D eigenvalue weighted by Gasteiger charge is 2.16. The Balaban J connectivity index is 2.97. The Labute approximate surface area is 103 Å². The molecule has 0 spiro atoms. The summed E-state index contributed by atoms with van der Waals surface area (Å²) in [6.07, 6.45) is -0.947. The Hall–Kier alpha value is -2.15. The third-order valence-corrected chi connectivity index (χ3v) is 2.23. The number of esters is 1. The quantitative estimate of drug-likeness (QED) is 0.482. The predicted molar refractivity (Wildman–Crippen MR) is 61.2 cm³/mol. The number of rotatable bonds is 5. The molecule has 0 heterocycles. The molecule has 7 heteroatoms. The summed E-state index contributed by atoms with van der Waals surface area (Å²) in [6.45, 7) is 1.12. The maximum absolute atomic E-state index is 10.9. The van der Waals surface area contributed by atoms with Crippen molar-refractivity contribution < 1.29 is 24.3 Å². The summed E-state index contributed by atoms with van der Waals surface area (Å²) in [6, 6.07) is 3.78. The summed E-state index contributed by atoms with van der Waals surface area (Å²) in [5.41, 5.74) is 0.0874. The lowest BCUT2D eigenvalue weighted by atomic mass is 10.1. The van der Waals surface area contributed by atoms with Gasteiger partial charge < -0.3 is 14.6 Å². The second-order valence-electron chi connectivity index (χ2n) is 3.52. The molecule has 0 aliphatic carbocycles. The second kappa shape index (κ2) is 5.97. The normalized spacial score (nSPS) is 11.7. The van der Waals surface area contributed by atoms with Gasteiger partial charge in [-0.25, -0.2) is 4.79 Å². The van der Waals surface area contributed by atoms with Gasteiger partial charge in [-0.3, -0.25) is 10.1 Å². The van der Waals surface area contributed by atoms with Crippen molar-refractivity contribution >= 4 is 11.7 Å². The molecule has 1 aromatic rings. The van der Waals surface area contributed by atoms with Gasteiger partial charge >= 0.3 is 5.97 Å². The van der Waals surface area contributed by atoms with E-state index < -0.39 is 17.0 Å². The highest BCUT2D eigenvalue weighted by molar-refractivity contribution is 5.71. The van der Waals surface area contributed by atoms with Crippen molar-refractivity contribution in [1.29, 1.82) is 0 Å². The maximum Gasteiger partial charge on any atom is 0.343 e. The van der Waals surface area contributed by atoms with Gasteiger partial charge in [-0.1, -0.05) is 0 Å². The number of non-ortho nitro benzene ring substituents is 1. The van der Waals surface area contributed by atoms with E-state index in [-0.39, 0.29) is 23.6 Å². The van der Waals surface area contributed by atoms with E-state index in [0.29, 0.717) is 0 Å². The average molecular weight is 255 g/mol. The Kier molecular flexibility index (Phi) is 4.61. The van der Waals surface area contributed by atoms with Crippen molar-refractivity contribution in [2.45, 2.75) is 13.0 Å². The van der Waals surface area contributed by atoms with Crippen LogP contribution < -0.4 is 4.74 Å². The van der Waals surface area contributed by atoms with E-state index >= 15 is 0 Å². The molecule has 0 bridgehead atoms. The third-order valence-electron chi connectivity index (χ3n) is 2.23. The van der Waals surface area contributed by atoms with Crippen LogP contribution in [0.3, 0.4) is 0 Å². The monoisotopic (exact) mass is 255 g/mol. The number of aliphatic hydroxyl groups is 1. The van der Waals surface area contributed by atoms with Crippen molar-refractivity contribution in [1.82, 2.24) is 0 Å². The Morgan fingerprint density at radius 2 is 2.22 bits per heavy atom. The summed E-state index contributed by atoms with van der Waals surface area (Å²) >= 11 is 0. The van der Waals surface area contributed by atoms with Crippen LogP contribution in [0.4, 0.5) is 5.69 Å². The number of aliphatic hydroxyl groups excluding tert-OH is 1. The zero-order valence-electron chi connectivity index (χ0n) is 9.95. The van der Waals surface area contributed by atoms with Gasteiger partial charge in [0.15, 0.2) is 6.61 Å². The number of nitro groups is 1. The van der Waals surface area contributed by atoms with E-state index in [9.17, 15) is 20.0 Å². The largest absolute Gasteiger partial charge is 0.482 e. The SMILES string of the molecule is COC(=O)COc1ccc([N+](=O)[O-])cc1[C@H](C)O. The highest BCUT2D eigenvalue weighted by atomic mass is 16.6. The van der Waals surface area contributed by atoms with Crippen LogP contribution in [0, 0.1) is 10.1 Å². The van der Waals surface area contributed by atoms with Crippen LogP contribution in [0.25, 0.3) is 0 Å². The standard InChI is InChI=1S/C11H13NO6/c1-7(13)9-5-8(12(15)16)3-4-10(9)18-6-11(14)17-2/h3-5,7,13H,6H2,1-2H3/t7-/m0/s1. The molecule has 0 amide bonds.